The van der Waals surface area contributed by atoms with Crippen LogP contribution in [-0.2, 0) is 14.3 Å². The largest absolute Gasteiger partial charge is 0.452 e. The van der Waals surface area contributed by atoms with Gasteiger partial charge in [0.1, 0.15) is 6.42 Å². The fourth-order valence-electron chi connectivity index (χ4n) is 3.04. The molecule has 2 N–H and O–H groups in total. The van der Waals surface area contributed by atoms with Gasteiger partial charge in [-0.15, -0.1) is 0 Å². The predicted octanol–water partition coefficient (Wildman–Crippen LogP) is 4.25. The van der Waals surface area contributed by atoms with Gasteiger partial charge in [-0.05, 0) is 47.5 Å². The van der Waals surface area contributed by atoms with E-state index in [-0.39, 0.29) is 12.0 Å². The first-order valence-corrected chi connectivity index (χ1v) is 10.4. The summed E-state index contributed by atoms with van der Waals surface area (Å²) in [6.45, 7) is -0.462. The van der Waals surface area contributed by atoms with Crippen molar-refractivity contribution in [3.05, 3.63) is 101 Å². The van der Waals surface area contributed by atoms with Gasteiger partial charge in [0.25, 0.3) is 5.91 Å². The summed E-state index contributed by atoms with van der Waals surface area (Å²) in [5, 5.41) is 14.5. The average Bonchev–Trinajstić information content (AvgIpc) is 2.83. The number of halogens is 1. The molecule has 0 saturated carbocycles. The Bertz CT molecular complexity index is 1160. The molecule has 3 aromatic carbocycles. The van der Waals surface area contributed by atoms with Crippen LogP contribution in [0.25, 0.3) is 0 Å². The molecule has 0 aliphatic rings. The number of esters is 1. The van der Waals surface area contributed by atoms with E-state index in [1.807, 2.05) is 42.5 Å². The number of benzene rings is 3. The average molecular weight is 462 g/mol. The molecule has 7 nitrogen and oxygen atoms in total. The van der Waals surface area contributed by atoms with Crippen LogP contribution in [0.5, 0.6) is 0 Å². The van der Waals surface area contributed by atoms with Gasteiger partial charge in [0.05, 0.1) is 17.7 Å². The van der Waals surface area contributed by atoms with Crippen LogP contribution in [0.15, 0.2) is 78.9 Å². The molecule has 8 heteroatoms. The normalized spacial score (nSPS) is 11.0. The number of nitrogens with one attached hydrogen (secondary N) is 2. The molecule has 3 rings (SSSR count). The number of amides is 2. The van der Waals surface area contributed by atoms with Crippen molar-refractivity contribution in [2.75, 3.05) is 11.9 Å². The monoisotopic (exact) mass is 461 g/mol. The van der Waals surface area contributed by atoms with Crippen molar-refractivity contribution in [3.8, 4) is 6.07 Å². The van der Waals surface area contributed by atoms with Crippen LogP contribution in [0, 0.1) is 11.3 Å². The molecule has 0 aromatic heterocycles. The number of carbonyl (C=O) groups is 3. The quantitative estimate of drug-likeness (QED) is 0.487. The maximum Gasteiger partial charge on any atom is 0.338 e. The maximum atomic E-state index is 12.6. The molecule has 0 heterocycles. The SMILES string of the molecule is N#CCC(=O)Nc1ccc(C(=O)OCC(=O)NC(c2ccccc2)c2ccc(Cl)cc2)cc1. The van der Waals surface area contributed by atoms with Gasteiger partial charge in [0, 0.05) is 10.7 Å². The van der Waals surface area contributed by atoms with Crippen LogP contribution < -0.4 is 10.6 Å². The Balaban J connectivity index is 1.60. The third kappa shape index (κ3) is 6.92. The van der Waals surface area contributed by atoms with Gasteiger partial charge in [0.2, 0.25) is 5.91 Å². The van der Waals surface area contributed by atoms with Crippen LogP contribution in [-0.4, -0.2) is 24.4 Å². The number of hydrogen-bond acceptors (Lipinski definition) is 5. The van der Waals surface area contributed by atoms with E-state index < -0.39 is 30.4 Å². The zero-order valence-corrected chi connectivity index (χ0v) is 18.2. The molecule has 0 spiro atoms. The highest BCUT2D eigenvalue weighted by Gasteiger charge is 2.18. The lowest BCUT2D eigenvalue weighted by Gasteiger charge is -2.20. The third-order valence-electron chi connectivity index (χ3n) is 4.62. The highest BCUT2D eigenvalue weighted by Crippen LogP contribution is 2.23. The number of hydrogen-bond donors (Lipinski definition) is 2. The van der Waals surface area contributed by atoms with Crippen molar-refractivity contribution < 1.29 is 19.1 Å². The van der Waals surface area contributed by atoms with Crippen LogP contribution >= 0.6 is 11.6 Å². The van der Waals surface area contributed by atoms with E-state index in [9.17, 15) is 14.4 Å². The molecule has 0 radical (unpaired) electrons. The zero-order chi connectivity index (χ0) is 23.6. The summed E-state index contributed by atoms with van der Waals surface area (Å²) in [5.41, 5.74) is 2.37. The van der Waals surface area contributed by atoms with Crippen LogP contribution in [0.1, 0.15) is 33.9 Å². The maximum absolute atomic E-state index is 12.6. The van der Waals surface area contributed by atoms with E-state index in [0.29, 0.717) is 10.7 Å². The second-order valence-corrected chi connectivity index (χ2v) is 7.44. The Morgan fingerprint density at radius 1 is 0.879 bits per heavy atom. The van der Waals surface area contributed by atoms with E-state index >= 15 is 0 Å². The van der Waals surface area contributed by atoms with Crippen molar-refractivity contribution in [1.82, 2.24) is 5.32 Å². The molecule has 2 amide bonds. The number of anilines is 1. The second-order valence-electron chi connectivity index (χ2n) is 7.00. The molecular formula is C25H20ClN3O4. The first-order valence-electron chi connectivity index (χ1n) is 10.00. The highest BCUT2D eigenvalue weighted by atomic mass is 35.5. The molecule has 0 aliphatic heterocycles. The van der Waals surface area contributed by atoms with Gasteiger partial charge in [-0.1, -0.05) is 54.1 Å². The van der Waals surface area contributed by atoms with Crippen molar-refractivity contribution in [3.63, 3.8) is 0 Å². The topological polar surface area (TPSA) is 108 Å². The number of rotatable bonds is 8. The van der Waals surface area contributed by atoms with Gasteiger partial charge in [-0.2, -0.15) is 5.26 Å². The van der Waals surface area contributed by atoms with E-state index in [1.165, 1.54) is 24.3 Å². The van der Waals surface area contributed by atoms with E-state index in [0.717, 1.165) is 11.1 Å². The fraction of sp³-hybridized carbons (Fsp3) is 0.120. The van der Waals surface area contributed by atoms with Crippen molar-refractivity contribution in [1.29, 1.82) is 5.26 Å². The minimum absolute atomic E-state index is 0.221. The van der Waals surface area contributed by atoms with E-state index in [2.05, 4.69) is 10.6 Å². The Hall–Kier alpha value is -4.15. The van der Waals surface area contributed by atoms with Crippen LogP contribution in [0.2, 0.25) is 5.02 Å². The summed E-state index contributed by atoms with van der Waals surface area (Å²) in [6, 6.07) is 23.8. The van der Waals surface area contributed by atoms with Crippen LogP contribution in [0.4, 0.5) is 5.69 Å². The minimum Gasteiger partial charge on any atom is -0.452 e. The lowest BCUT2D eigenvalue weighted by atomic mass is 9.99. The lowest BCUT2D eigenvalue weighted by Crippen LogP contribution is -2.33. The Kier molecular flexibility index (Phi) is 8.17. The first-order chi connectivity index (χ1) is 16.0. The smallest absolute Gasteiger partial charge is 0.338 e. The molecule has 33 heavy (non-hydrogen) atoms. The molecule has 3 aromatic rings. The summed E-state index contributed by atoms with van der Waals surface area (Å²) < 4.78 is 5.14. The Labute approximate surface area is 195 Å². The second kappa shape index (κ2) is 11.5. The van der Waals surface area contributed by atoms with Crippen molar-refractivity contribution in [2.24, 2.45) is 0 Å². The highest BCUT2D eigenvalue weighted by molar-refractivity contribution is 6.30. The summed E-state index contributed by atoms with van der Waals surface area (Å²) in [7, 11) is 0. The molecule has 1 unspecified atom stereocenters. The van der Waals surface area contributed by atoms with Crippen molar-refractivity contribution in [2.45, 2.75) is 12.5 Å². The number of ether oxygens (including phenoxy) is 1. The van der Waals surface area contributed by atoms with Gasteiger partial charge in [-0.25, -0.2) is 4.79 Å². The summed E-state index contributed by atoms with van der Waals surface area (Å²) in [6.07, 6.45) is -0.265. The molecule has 166 valence electrons. The van der Waals surface area contributed by atoms with Gasteiger partial charge >= 0.3 is 5.97 Å². The summed E-state index contributed by atoms with van der Waals surface area (Å²) in [4.78, 5) is 36.3. The lowest BCUT2D eigenvalue weighted by molar-refractivity contribution is -0.124. The molecule has 0 aliphatic carbocycles. The fourth-order valence-corrected chi connectivity index (χ4v) is 3.17. The van der Waals surface area contributed by atoms with E-state index in [4.69, 9.17) is 21.6 Å². The summed E-state index contributed by atoms with van der Waals surface area (Å²) >= 11 is 5.98. The van der Waals surface area contributed by atoms with Gasteiger partial charge in [0.15, 0.2) is 6.61 Å². The number of carbonyl (C=O) groups excluding carboxylic acids is 3. The third-order valence-corrected chi connectivity index (χ3v) is 4.87. The first kappa shape index (κ1) is 23.5. The molecular weight excluding hydrogens is 442 g/mol. The molecule has 0 saturated heterocycles. The Morgan fingerprint density at radius 3 is 2.15 bits per heavy atom. The summed E-state index contributed by atoms with van der Waals surface area (Å²) in [5.74, 6) is -1.59. The van der Waals surface area contributed by atoms with Gasteiger partial charge < -0.3 is 15.4 Å². The number of nitrogens with zero attached hydrogens (tertiary/aromatic N) is 1. The van der Waals surface area contributed by atoms with Crippen LogP contribution in [0.3, 0.4) is 0 Å². The molecule has 1 atom stereocenters. The minimum atomic E-state index is -0.678. The predicted molar refractivity (Wildman–Crippen MR) is 123 cm³/mol. The van der Waals surface area contributed by atoms with Crippen molar-refractivity contribution >= 4 is 35.1 Å². The standard InChI is InChI=1S/C25H20ClN3O4/c26-20-10-6-18(7-11-20)24(17-4-2-1-3-5-17)29-23(31)16-33-25(32)19-8-12-21(13-9-19)28-22(30)14-15-27/h1-13,24H,14,16H2,(H,28,30)(H,29,31). The molecule has 0 bridgehead atoms. The zero-order valence-electron chi connectivity index (χ0n) is 17.5. The Morgan fingerprint density at radius 2 is 1.52 bits per heavy atom. The molecule has 0 fully saturated rings. The number of nitriles is 1. The van der Waals surface area contributed by atoms with Gasteiger partial charge in [-0.3, -0.25) is 9.59 Å². The van der Waals surface area contributed by atoms with E-state index in [1.54, 1.807) is 18.2 Å².